The topological polar surface area (TPSA) is 92.4 Å². The normalized spacial score (nSPS) is 11.8. The second kappa shape index (κ2) is 4.38. The Morgan fingerprint density at radius 1 is 1.50 bits per heavy atom. The number of amides is 2. The molecular formula is C7H12N2O3. The Balaban J connectivity index is 4.61. The molecule has 5 heteroatoms. The first-order valence-corrected chi connectivity index (χ1v) is 3.48. The predicted octanol–water partition coefficient (Wildman–Crippen LogP) is 0.423. The number of allylic oxidation sites excluding steroid dienone is 1. The van der Waals surface area contributed by atoms with Crippen molar-refractivity contribution in [2.24, 2.45) is 5.73 Å². The molecule has 0 fully saturated rings. The van der Waals surface area contributed by atoms with Crippen LogP contribution in [0.1, 0.15) is 20.3 Å². The molecular weight excluding hydrogens is 160 g/mol. The average Bonchev–Trinajstić information content (AvgIpc) is 1.98. The number of nitrogens with one attached hydrogen (secondary N) is 1. The maximum absolute atomic E-state index is 10.4. The van der Waals surface area contributed by atoms with Crippen molar-refractivity contribution in [2.45, 2.75) is 20.3 Å². The molecule has 0 aliphatic rings. The largest absolute Gasteiger partial charge is 0.478 e. The number of carboxylic acids is 1. The van der Waals surface area contributed by atoms with Gasteiger partial charge >= 0.3 is 12.0 Å². The summed E-state index contributed by atoms with van der Waals surface area (Å²) in [7, 11) is 0. The van der Waals surface area contributed by atoms with Gasteiger partial charge in [0.1, 0.15) is 0 Å². The third-order valence-corrected chi connectivity index (χ3v) is 1.40. The van der Waals surface area contributed by atoms with E-state index in [1.807, 2.05) is 0 Å². The highest BCUT2D eigenvalue weighted by molar-refractivity contribution is 5.88. The van der Waals surface area contributed by atoms with Gasteiger partial charge in [0.2, 0.25) is 0 Å². The number of hydrogen-bond acceptors (Lipinski definition) is 2. The number of carbonyl (C=O) groups is 2. The van der Waals surface area contributed by atoms with Crippen LogP contribution in [0.4, 0.5) is 4.79 Å². The van der Waals surface area contributed by atoms with Gasteiger partial charge in [0.15, 0.2) is 0 Å². The van der Waals surface area contributed by atoms with E-state index < -0.39 is 12.0 Å². The lowest BCUT2D eigenvalue weighted by Crippen LogP contribution is -2.30. The van der Waals surface area contributed by atoms with Crippen molar-refractivity contribution in [2.75, 3.05) is 0 Å². The molecule has 68 valence electrons. The summed E-state index contributed by atoms with van der Waals surface area (Å²) in [5.41, 5.74) is 5.28. The summed E-state index contributed by atoms with van der Waals surface area (Å²) in [6.07, 6.45) is 0.432. The average molecular weight is 172 g/mol. The predicted molar refractivity (Wildman–Crippen MR) is 43.3 cm³/mol. The number of urea groups is 1. The number of primary amides is 1. The summed E-state index contributed by atoms with van der Waals surface area (Å²) in [5, 5.41) is 10.8. The Bertz CT molecular complexity index is 233. The van der Waals surface area contributed by atoms with Crippen molar-refractivity contribution in [3.05, 3.63) is 11.3 Å². The molecule has 0 unspecified atom stereocenters. The molecule has 0 rings (SSSR count). The summed E-state index contributed by atoms with van der Waals surface area (Å²) >= 11 is 0. The monoisotopic (exact) mass is 172 g/mol. The van der Waals surface area contributed by atoms with Crippen molar-refractivity contribution >= 4 is 12.0 Å². The number of carbonyl (C=O) groups excluding carboxylic acids is 1. The molecule has 0 bridgehead atoms. The fourth-order valence-electron chi connectivity index (χ4n) is 0.725. The van der Waals surface area contributed by atoms with E-state index in [-0.39, 0.29) is 5.57 Å². The molecule has 0 heterocycles. The van der Waals surface area contributed by atoms with Gasteiger partial charge in [-0.05, 0) is 13.3 Å². The van der Waals surface area contributed by atoms with Gasteiger partial charge in [-0.15, -0.1) is 0 Å². The lowest BCUT2D eigenvalue weighted by molar-refractivity contribution is -0.132. The zero-order valence-electron chi connectivity index (χ0n) is 7.05. The van der Waals surface area contributed by atoms with Crippen LogP contribution >= 0.6 is 0 Å². The Labute approximate surface area is 70.2 Å². The Morgan fingerprint density at radius 2 is 2.00 bits per heavy atom. The van der Waals surface area contributed by atoms with E-state index in [9.17, 15) is 9.59 Å². The lowest BCUT2D eigenvalue weighted by Gasteiger charge is -2.06. The van der Waals surface area contributed by atoms with E-state index in [0.29, 0.717) is 12.1 Å². The van der Waals surface area contributed by atoms with Crippen LogP contribution in [0.25, 0.3) is 0 Å². The standard InChI is InChI=1S/C7H12N2O3/c1-3-5(9-7(8)12)4(2)6(10)11/h3H2,1-2H3,(H,10,11)(H3,8,9,12)/b5-4+. The molecule has 0 radical (unpaired) electrons. The molecule has 0 saturated heterocycles. The zero-order valence-corrected chi connectivity index (χ0v) is 7.05. The van der Waals surface area contributed by atoms with Gasteiger partial charge in [0, 0.05) is 5.70 Å². The lowest BCUT2D eigenvalue weighted by atomic mass is 10.2. The summed E-state index contributed by atoms with van der Waals surface area (Å²) in [5.74, 6) is -1.06. The summed E-state index contributed by atoms with van der Waals surface area (Å²) in [6.45, 7) is 3.15. The van der Waals surface area contributed by atoms with E-state index >= 15 is 0 Å². The summed E-state index contributed by atoms with van der Waals surface area (Å²) in [4.78, 5) is 20.8. The van der Waals surface area contributed by atoms with Crippen LogP contribution in [0.5, 0.6) is 0 Å². The second-order valence-electron chi connectivity index (χ2n) is 2.25. The highest BCUT2D eigenvalue weighted by atomic mass is 16.4. The maximum atomic E-state index is 10.4. The van der Waals surface area contributed by atoms with Gasteiger partial charge in [0.25, 0.3) is 0 Å². The maximum Gasteiger partial charge on any atom is 0.333 e. The number of hydrogen-bond donors (Lipinski definition) is 3. The van der Waals surface area contributed by atoms with Crippen molar-refractivity contribution in [1.82, 2.24) is 5.32 Å². The van der Waals surface area contributed by atoms with Crippen molar-refractivity contribution < 1.29 is 14.7 Å². The van der Waals surface area contributed by atoms with E-state index in [1.54, 1.807) is 6.92 Å². The van der Waals surface area contributed by atoms with Crippen LogP contribution in [0.3, 0.4) is 0 Å². The first-order chi connectivity index (χ1) is 5.49. The second-order valence-corrected chi connectivity index (χ2v) is 2.25. The van der Waals surface area contributed by atoms with Gasteiger partial charge in [-0.1, -0.05) is 6.92 Å². The van der Waals surface area contributed by atoms with Crippen molar-refractivity contribution in [1.29, 1.82) is 0 Å². The molecule has 5 nitrogen and oxygen atoms in total. The Hall–Kier alpha value is -1.52. The zero-order chi connectivity index (χ0) is 9.72. The number of rotatable bonds is 3. The van der Waals surface area contributed by atoms with Gasteiger partial charge in [-0.25, -0.2) is 9.59 Å². The highest BCUT2D eigenvalue weighted by Crippen LogP contribution is 2.04. The van der Waals surface area contributed by atoms with Gasteiger partial charge in [0.05, 0.1) is 5.57 Å². The first kappa shape index (κ1) is 10.5. The van der Waals surface area contributed by atoms with E-state index in [2.05, 4.69) is 5.32 Å². The first-order valence-electron chi connectivity index (χ1n) is 3.48. The van der Waals surface area contributed by atoms with Crippen LogP contribution < -0.4 is 11.1 Å². The van der Waals surface area contributed by atoms with Crippen LogP contribution in [0.15, 0.2) is 11.3 Å². The third kappa shape index (κ3) is 3.05. The van der Waals surface area contributed by atoms with E-state index in [1.165, 1.54) is 6.92 Å². The van der Waals surface area contributed by atoms with Crippen LogP contribution in [0, 0.1) is 0 Å². The van der Waals surface area contributed by atoms with Crippen LogP contribution in [-0.2, 0) is 4.79 Å². The minimum absolute atomic E-state index is 0.108. The number of carboxylic acid groups (broad SMARTS) is 1. The Kier molecular flexibility index (Phi) is 3.82. The molecule has 0 aromatic rings. The number of nitrogens with two attached hydrogens (primary N) is 1. The molecule has 0 saturated carbocycles. The SMILES string of the molecule is CC/C(NC(N)=O)=C(/C)C(=O)O. The van der Waals surface area contributed by atoms with Crippen LogP contribution in [-0.4, -0.2) is 17.1 Å². The van der Waals surface area contributed by atoms with Gasteiger partial charge in [-0.2, -0.15) is 0 Å². The van der Waals surface area contributed by atoms with Gasteiger partial charge in [-0.3, -0.25) is 0 Å². The van der Waals surface area contributed by atoms with Crippen molar-refractivity contribution in [3.8, 4) is 0 Å². The Morgan fingerprint density at radius 3 is 2.25 bits per heavy atom. The molecule has 0 aliphatic heterocycles. The summed E-state index contributed by atoms with van der Waals surface area (Å²) < 4.78 is 0. The van der Waals surface area contributed by atoms with Crippen molar-refractivity contribution in [3.63, 3.8) is 0 Å². The molecule has 4 N–H and O–H groups in total. The van der Waals surface area contributed by atoms with E-state index in [0.717, 1.165) is 0 Å². The molecule has 0 aliphatic carbocycles. The summed E-state index contributed by atoms with van der Waals surface area (Å²) in [6, 6.07) is -0.743. The molecule has 2 amide bonds. The minimum atomic E-state index is -1.06. The molecule has 0 aromatic carbocycles. The van der Waals surface area contributed by atoms with Gasteiger partial charge < -0.3 is 16.2 Å². The fraction of sp³-hybridized carbons (Fsp3) is 0.429. The molecule has 0 spiro atoms. The molecule has 0 atom stereocenters. The molecule has 12 heavy (non-hydrogen) atoms. The smallest absolute Gasteiger partial charge is 0.333 e. The fourth-order valence-corrected chi connectivity index (χ4v) is 0.725. The van der Waals surface area contributed by atoms with Crippen LogP contribution in [0.2, 0.25) is 0 Å². The minimum Gasteiger partial charge on any atom is -0.478 e. The number of aliphatic carboxylic acids is 1. The molecule has 0 aromatic heterocycles. The van der Waals surface area contributed by atoms with E-state index in [4.69, 9.17) is 10.8 Å². The quantitative estimate of drug-likeness (QED) is 0.539. The highest BCUT2D eigenvalue weighted by Gasteiger charge is 2.08. The third-order valence-electron chi connectivity index (χ3n) is 1.40.